The molecule has 1 aliphatic heterocycles. The van der Waals surface area contributed by atoms with E-state index in [0.717, 1.165) is 56.8 Å². The second kappa shape index (κ2) is 8.51. The third kappa shape index (κ3) is 4.43. The lowest BCUT2D eigenvalue weighted by Crippen LogP contribution is -2.48. The molecule has 0 spiro atoms. The maximum Gasteiger partial charge on any atom is 0.251 e. The molecule has 8 heteroatoms. The average molecular weight is 414 g/mol. The molecule has 7 nitrogen and oxygen atoms in total. The number of nitrogens with zero attached hydrogens (tertiary/aromatic N) is 3. The number of fused-ring (bicyclic) bond motifs is 1. The van der Waals surface area contributed by atoms with Crippen LogP contribution in [-0.2, 0) is 17.6 Å². The first-order valence-electron chi connectivity index (χ1n) is 10.1. The number of hydrogen-bond acceptors (Lipinski definition) is 6. The van der Waals surface area contributed by atoms with Crippen LogP contribution < -0.4 is 16.0 Å². The summed E-state index contributed by atoms with van der Waals surface area (Å²) in [6.07, 6.45) is 4.66. The van der Waals surface area contributed by atoms with Gasteiger partial charge in [0.25, 0.3) is 5.91 Å². The highest BCUT2D eigenvalue weighted by atomic mass is 32.1. The van der Waals surface area contributed by atoms with Crippen LogP contribution in [0.3, 0.4) is 0 Å². The Bertz CT molecular complexity index is 890. The third-order valence-corrected chi connectivity index (χ3v) is 6.89. The van der Waals surface area contributed by atoms with Crippen LogP contribution >= 0.6 is 11.3 Å². The maximum atomic E-state index is 12.7. The van der Waals surface area contributed by atoms with Gasteiger partial charge < -0.3 is 16.0 Å². The third-order valence-electron chi connectivity index (χ3n) is 5.72. The summed E-state index contributed by atoms with van der Waals surface area (Å²) in [7, 11) is 0. The van der Waals surface area contributed by atoms with Crippen molar-refractivity contribution in [2.45, 2.75) is 26.2 Å². The van der Waals surface area contributed by atoms with Crippen molar-refractivity contribution in [3.63, 3.8) is 0 Å². The fraction of sp³-hybridized carbons (Fsp3) is 0.476. The van der Waals surface area contributed by atoms with Crippen LogP contribution in [0.4, 0.5) is 10.8 Å². The second-order valence-corrected chi connectivity index (χ2v) is 9.02. The number of carbonyl (C=O) groups is 2. The number of piperazine rings is 1. The van der Waals surface area contributed by atoms with E-state index >= 15 is 0 Å². The van der Waals surface area contributed by atoms with E-state index in [0.29, 0.717) is 23.0 Å². The molecule has 0 aromatic carbocycles. The van der Waals surface area contributed by atoms with Crippen molar-refractivity contribution in [1.29, 1.82) is 0 Å². The molecule has 0 bridgehead atoms. The molecule has 3 N–H and O–H groups in total. The Morgan fingerprint density at radius 2 is 2.07 bits per heavy atom. The highest BCUT2D eigenvalue weighted by Gasteiger charge is 2.28. The Balaban J connectivity index is 1.36. The monoisotopic (exact) mass is 413 g/mol. The summed E-state index contributed by atoms with van der Waals surface area (Å²) in [5.41, 5.74) is 7.20. The number of pyridine rings is 1. The molecule has 1 fully saturated rings. The zero-order valence-corrected chi connectivity index (χ0v) is 17.5. The predicted molar refractivity (Wildman–Crippen MR) is 116 cm³/mol. The fourth-order valence-electron chi connectivity index (χ4n) is 4.14. The topological polar surface area (TPSA) is 91.6 Å². The van der Waals surface area contributed by atoms with E-state index in [4.69, 9.17) is 5.73 Å². The van der Waals surface area contributed by atoms with Crippen LogP contribution in [0.25, 0.3) is 0 Å². The van der Waals surface area contributed by atoms with Gasteiger partial charge in [0.15, 0.2) is 0 Å². The van der Waals surface area contributed by atoms with Crippen molar-refractivity contribution in [2.24, 2.45) is 11.7 Å². The molecule has 4 rings (SSSR count). The molecule has 2 aliphatic rings. The van der Waals surface area contributed by atoms with Gasteiger partial charge >= 0.3 is 0 Å². The van der Waals surface area contributed by atoms with Gasteiger partial charge in [-0.2, -0.15) is 0 Å². The summed E-state index contributed by atoms with van der Waals surface area (Å²) in [5.74, 6) is 1.03. The molecule has 1 aliphatic carbocycles. The number of nitrogens with one attached hydrogen (secondary N) is 1. The first-order chi connectivity index (χ1) is 14.0. The first kappa shape index (κ1) is 19.8. The summed E-state index contributed by atoms with van der Waals surface area (Å²) in [6.45, 7) is 5.79. The molecule has 1 atom stereocenters. The van der Waals surface area contributed by atoms with Crippen LogP contribution in [0.1, 0.15) is 34.1 Å². The van der Waals surface area contributed by atoms with E-state index in [-0.39, 0.29) is 5.91 Å². The Kier molecular flexibility index (Phi) is 5.82. The lowest BCUT2D eigenvalue weighted by atomic mass is 9.88. The van der Waals surface area contributed by atoms with Crippen LogP contribution in [0.5, 0.6) is 0 Å². The fourth-order valence-corrected chi connectivity index (χ4v) is 5.58. The normalized spacial score (nSPS) is 19.6. The van der Waals surface area contributed by atoms with E-state index in [1.54, 1.807) is 6.20 Å². The quantitative estimate of drug-likeness (QED) is 0.784. The Morgan fingerprint density at radius 3 is 2.76 bits per heavy atom. The molecule has 0 saturated carbocycles. The van der Waals surface area contributed by atoms with Gasteiger partial charge in [0.1, 0.15) is 10.8 Å². The molecule has 0 unspecified atom stereocenters. The second-order valence-electron chi connectivity index (χ2n) is 7.92. The van der Waals surface area contributed by atoms with Gasteiger partial charge in [0, 0.05) is 37.3 Å². The van der Waals surface area contributed by atoms with E-state index in [1.165, 1.54) is 16.2 Å². The SMILES string of the molecule is C[C@@H]1CCc2c(sc(NC(=O)CN3CCN(c4ccccn4)CC3)c2C(N)=O)C1. The highest BCUT2D eigenvalue weighted by molar-refractivity contribution is 7.17. The van der Waals surface area contributed by atoms with Crippen LogP contribution in [0.2, 0.25) is 0 Å². The van der Waals surface area contributed by atoms with Gasteiger partial charge in [-0.15, -0.1) is 11.3 Å². The van der Waals surface area contributed by atoms with Gasteiger partial charge in [0.05, 0.1) is 12.1 Å². The maximum absolute atomic E-state index is 12.7. The van der Waals surface area contributed by atoms with Gasteiger partial charge in [0.2, 0.25) is 5.91 Å². The van der Waals surface area contributed by atoms with Crippen molar-refractivity contribution in [2.75, 3.05) is 42.9 Å². The molecule has 0 radical (unpaired) electrons. The van der Waals surface area contributed by atoms with E-state index in [1.807, 2.05) is 18.2 Å². The number of primary amides is 1. The Labute approximate surface area is 174 Å². The average Bonchev–Trinajstić information content (AvgIpc) is 3.06. The number of nitrogens with two attached hydrogens (primary N) is 1. The van der Waals surface area contributed by atoms with Crippen molar-refractivity contribution in [3.8, 4) is 0 Å². The van der Waals surface area contributed by atoms with Gasteiger partial charge in [-0.1, -0.05) is 13.0 Å². The largest absolute Gasteiger partial charge is 0.365 e. The van der Waals surface area contributed by atoms with Crippen LogP contribution in [0, 0.1) is 5.92 Å². The lowest BCUT2D eigenvalue weighted by molar-refractivity contribution is -0.117. The Morgan fingerprint density at radius 1 is 1.28 bits per heavy atom. The first-order valence-corrected chi connectivity index (χ1v) is 11.0. The number of thiophene rings is 1. The lowest BCUT2D eigenvalue weighted by Gasteiger charge is -2.34. The van der Waals surface area contributed by atoms with Crippen molar-refractivity contribution in [1.82, 2.24) is 9.88 Å². The molecule has 2 amide bonds. The van der Waals surface area contributed by atoms with E-state index in [9.17, 15) is 9.59 Å². The van der Waals surface area contributed by atoms with Crippen LogP contribution in [0.15, 0.2) is 24.4 Å². The zero-order valence-electron chi connectivity index (χ0n) is 16.7. The van der Waals surface area contributed by atoms with Gasteiger partial charge in [-0.3, -0.25) is 14.5 Å². The Hall–Kier alpha value is -2.45. The smallest absolute Gasteiger partial charge is 0.251 e. The zero-order chi connectivity index (χ0) is 20.4. The molecular weight excluding hydrogens is 386 g/mol. The molecule has 154 valence electrons. The minimum absolute atomic E-state index is 0.0922. The minimum atomic E-state index is -0.448. The minimum Gasteiger partial charge on any atom is -0.365 e. The highest BCUT2D eigenvalue weighted by Crippen LogP contribution is 2.39. The number of hydrogen-bond donors (Lipinski definition) is 2. The molecule has 29 heavy (non-hydrogen) atoms. The number of amides is 2. The summed E-state index contributed by atoms with van der Waals surface area (Å²) in [5, 5.41) is 3.58. The molecule has 1 saturated heterocycles. The molecule has 2 aromatic heterocycles. The number of carbonyl (C=O) groups excluding carboxylic acids is 2. The standard InChI is InChI=1S/C21H27N5O2S/c1-14-5-6-15-16(12-14)29-21(19(15)20(22)28)24-18(27)13-25-8-10-26(11-9-25)17-4-2-3-7-23-17/h2-4,7,14H,5-6,8-13H2,1H3,(H2,22,28)(H,24,27)/t14-/m1/s1. The summed E-state index contributed by atoms with van der Waals surface area (Å²) < 4.78 is 0. The van der Waals surface area contributed by atoms with Crippen LogP contribution in [-0.4, -0.2) is 54.4 Å². The molecular formula is C21H27N5O2S. The van der Waals surface area contributed by atoms with Crippen molar-refractivity contribution < 1.29 is 9.59 Å². The number of rotatable bonds is 5. The number of aromatic nitrogens is 1. The molecule has 2 aromatic rings. The van der Waals surface area contributed by atoms with Crippen molar-refractivity contribution in [3.05, 3.63) is 40.4 Å². The van der Waals surface area contributed by atoms with Gasteiger partial charge in [-0.05, 0) is 42.9 Å². The van der Waals surface area contributed by atoms with E-state index < -0.39 is 5.91 Å². The summed E-state index contributed by atoms with van der Waals surface area (Å²) in [6, 6.07) is 5.90. The van der Waals surface area contributed by atoms with E-state index in [2.05, 4.69) is 27.0 Å². The predicted octanol–water partition coefficient (Wildman–Crippen LogP) is 2.13. The van der Waals surface area contributed by atoms with Gasteiger partial charge in [-0.25, -0.2) is 4.98 Å². The van der Waals surface area contributed by atoms with Crippen molar-refractivity contribution >= 4 is 34.0 Å². The molecule has 3 heterocycles. The number of anilines is 2. The summed E-state index contributed by atoms with van der Waals surface area (Å²) >= 11 is 1.51. The summed E-state index contributed by atoms with van der Waals surface area (Å²) in [4.78, 5) is 34.6.